The van der Waals surface area contributed by atoms with Crippen LogP contribution in [0.4, 0.5) is 21.8 Å². The number of pyridine rings is 1. The van der Waals surface area contributed by atoms with E-state index in [1.807, 2.05) is 37.3 Å². The Labute approximate surface area is 162 Å². The third-order valence-corrected chi connectivity index (χ3v) is 3.98. The van der Waals surface area contributed by atoms with Crippen LogP contribution in [-0.4, -0.2) is 39.8 Å². The summed E-state index contributed by atoms with van der Waals surface area (Å²) in [5, 5.41) is 15.1. The maximum atomic E-state index is 14.2. The van der Waals surface area contributed by atoms with Gasteiger partial charge in [-0.3, -0.25) is 0 Å². The van der Waals surface area contributed by atoms with Crippen molar-refractivity contribution in [3.63, 3.8) is 0 Å². The molecule has 0 amide bonds. The third-order valence-electron chi connectivity index (χ3n) is 3.98. The Morgan fingerprint density at radius 2 is 1.89 bits per heavy atom. The van der Waals surface area contributed by atoms with Gasteiger partial charge in [-0.25, -0.2) is 14.4 Å². The minimum absolute atomic E-state index is 0.0238. The van der Waals surface area contributed by atoms with Gasteiger partial charge in [-0.05, 0) is 25.5 Å². The van der Waals surface area contributed by atoms with E-state index in [1.54, 1.807) is 13.1 Å². The summed E-state index contributed by atoms with van der Waals surface area (Å²) in [5.41, 5.74) is 3.46. The number of aliphatic hydroxyl groups excluding tert-OH is 1. The molecule has 0 bridgehead atoms. The van der Waals surface area contributed by atoms with E-state index in [1.165, 1.54) is 7.11 Å². The molecule has 1 aromatic carbocycles. The smallest absolute Gasteiger partial charge is 0.237 e. The van der Waals surface area contributed by atoms with Gasteiger partial charge in [0.1, 0.15) is 5.69 Å². The standard InChI is InChI=1S/C20H22FN5O2/c1-12-4-6-14(7-5-12)15-8-17(19(28-3)22-10-15)25-18-16(21)11-24-20(26-18)23-9-13(2)27/h4-8,10-11,13,27H,9H2,1-3H3,(H2,23,24,25,26)/t13-/m1/s1. The molecule has 0 saturated carbocycles. The monoisotopic (exact) mass is 383 g/mol. The van der Waals surface area contributed by atoms with Gasteiger partial charge >= 0.3 is 0 Å². The lowest BCUT2D eigenvalue weighted by molar-refractivity contribution is 0.208. The molecule has 0 spiro atoms. The van der Waals surface area contributed by atoms with Gasteiger partial charge in [0.05, 0.1) is 19.4 Å². The van der Waals surface area contributed by atoms with Crippen molar-refractivity contribution in [2.24, 2.45) is 0 Å². The molecule has 28 heavy (non-hydrogen) atoms. The Bertz CT molecular complexity index is 948. The molecule has 0 aliphatic carbocycles. The first-order valence-electron chi connectivity index (χ1n) is 8.79. The zero-order chi connectivity index (χ0) is 20.1. The lowest BCUT2D eigenvalue weighted by atomic mass is 10.1. The Morgan fingerprint density at radius 1 is 1.14 bits per heavy atom. The van der Waals surface area contributed by atoms with Gasteiger partial charge < -0.3 is 20.5 Å². The van der Waals surface area contributed by atoms with Gasteiger partial charge in [0, 0.05) is 18.3 Å². The highest BCUT2D eigenvalue weighted by molar-refractivity contribution is 5.72. The number of ether oxygens (including phenoxy) is 1. The number of anilines is 3. The van der Waals surface area contributed by atoms with Crippen LogP contribution in [0.15, 0.2) is 42.7 Å². The molecule has 3 aromatic rings. The highest BCUT2D eigenvalue weighted by atomic mass is 19.1. The summed E-state index contributed by atoms with van der Waals surface area (Å²) in [5.74, 6) is -0.131. The second-order valence-corrected chi connectivity index (χ2v) is 6.39. The number of benzene rings is 1. The Hall–Kier alpha value is -3.26. The summed E-state index contributed by atoms with van der Waals surface area (Å²) in [6.45, 7) is 3.89. The molecule has 0 aliphatic rings. The van der Waals surface area contributed by atoms with Gasteiger partial charge in [-0.15, -0.1) is 0 Å². The quantitative estimate of drug-likeness (QED) is 0.575. The van der Waals surface area contributed by atoms with Crippen LogP contribution in [-0.2, 0) is 0 Å². The first kappa shape index (κ1) is 19.5. The van der Waals surface area contributed by atoms with Gasteiger partial charge in [0.15, 0.2) is 11.6 Å². The normalized spacial score (nSPS) is 11.8. The van der Waals surface area contributed by atoms with Crippen LogP contribution < -0.4 is 15.4 Å². The number of aromatic nitrogens is 3. The number of aliphatic hydroxyl groups is 1. The first-order valence-corrected chi connectivity index (χ1v) is 8.79. The van der Waals surface area contributed by atoms with Crippen LogP contribution in [0.2, 0.25) is 0 Å². The lowest BCUT2D eigenvalue weighted by Crippen LogP contribution is -2.17. The van der Waals surface area contributed by atoms with E-state index >= 15 is 0 Å². The fourth-order valence-corrected chi connectivity index (χ4v) is 2.51. The largest absolute Gasteiger partial charge is 0.480 e. The maximum absolute atomic E-state index is 14.2. The average Bonchev–Trinajstić information content (AvgIpc) is 2.69. The van der Waals surface area contributed by atoms with Crippen LogP contribution in [0.5, 0.6) is 5.88 Å². The van der Waals surface area contributed by atoms with Crippen molar-refractivity contribution in [2.45, 2.75) is 20.0 Å². The van der Waals surface area contributed by atoms with Crippen molar-refractivity contribution in [3.8, 4) is 17.0 Å². The highest BCUT2D eigenvalue weighted by Gasteiger charge is 2.13. The number of hydrogen-bond donors (Lipinski definition) is 3. The Morgan fingerprint density at radius 3 is 2.57 bits per heavy atom. The minimum atomic E-state index is -0.620. The third kappa shape index (κ3) is 4.72. The molecule has 0 unspecified atom stereocenters. The molecule has 0 fully saturated rings. The maximum Gasteiger partial charge on any atom is 0.237 e. The van der Waals surface area contributed by atoms with Crippen LogP contribution in [0.1, 0.15) is 12.5 Å². The summed E-state index contributed by atoms with van der Waals surface area (Å²) in [6.07, 6.45) is 2.17. The molecule has 3 N–H and O–H groups in total. The zero-order valence-corrected chi connectivity index (χ0v) is 15.9. The summed E-state index contributed by atoms with van der Waals surface area (Å²) >= 11 is 0. The molecular weight excluding hydrogens is 361 g/mol. The van der Waals surface area contributed by atoms with E-state index in [4.69, 9.17) is 4.74 Å². The van der Waals surface area contributed by atoms with Crippen LogP contribution in [0, 0.1) is 12.7 Å². The number of hydrogen-bond acceptors (Lipinski definition) is 7. The summed E-state index contributed by atoms with van der Waals surface area (Å²) < 4.78 is 19.5. The zero-order valence-electron chi connectivity index (χ0n) is 15.9. The molecule has 7 nitrogen and oxygen atoms in total. The average molecular weight is 383 g/mol. The van der Waals surface area contributed by atoms with Crippen molar-refractivity contribution in [3.05, 3.63) is 54.1 Å². The minimum Gasteiger partial charge on any atom is -0.480 e. The molecule has 2 aromatic heterocycles. The Balaban J connectivity index is 1.91. The molecule has 8 heteroatoms. The summed E-state index contributed by atoms with van der Waals surface area (Å²) in [6, 6.07) is 9.83. The van der Waals surface area contributed by atoms with E-state index in [9.17, 15) is 9.50 Å². The van der Waals surface area contributed by atoms with E-state index < -0.39 is 11.9 Å². The number of aryl methyl sites for hydroxylation is 1. The molecule has 2 heterocycles. The molecular formula is C20H22FN5O2. The number of rotatable bonds is 7. The number of nitrogens with zero attached hydrogens (tertiary/aromatic N) is 3. The molecule has 146 valence electrons. The van der Waals surface area contributed by atoms with E-state index in [0.717, 1.165) is 22.9 Å². The van der Waals surface area contributed by atoms with Crippen molar-refractivity contribution in [1.82, 2.24) is 15.0 Å². The van der Waals surface area contributed by atoms with Crippen LogP contribution in [0.25, 0.3) is 11.1 Å². The second kappa shape index (κ2) is 8.62. The molecule has 0 radical (unpaired) electrons. The molecule has 0 aliphatic heterocycles. The summed E-state index contributed by atoms with van der Waals surface area (Å²) in [7, 11) is 1.49. The van der Waals surface area contributed by atoms with E-state index in [-0.39, 0.29) is 18.3 Å². The second-order valence-electron chi connectivity index (χ2n) is 6.39. The SMILES string of the molecule is COc1ncc(-c2ccc(C)cc2)cc1Nc1nc(NC[C@@H](C)O)ncc1F. The predicted octanol–water partition coefficient (Wildman–Crippen LogP) is 3.53. The summed E-state index contributed by atoms with van der Waals surface area (Å²) in [4.78, 5) is 12.3. The van der Waals surface area contributed by atoms with Gasteiger partial charge in [-0.2, -0.15) is 4.98 Å². The van der Waals surface area contributed by atoms with Crippen molar-refractivity contribution in [2.75, 3.05) is 24.3 Å². The van der Waals surface area contributed by atoms with Gasteiger partial charge in [0.25, 0.3) is 0 Å². The van der Waals surface area contributed by atoms with E-state index in [0.29, 0.717) is 11.6 Å². The molecule has 0 saturated heterocycles. The highest BCUT2D eigenvalue weighted by Crippen LogP contribution is 2.31. The fourth-order valence-electron chi connectivity index (χ4n) is 2.51. The van der Waals surface area contributed by atoms with Crippen LogP contribution >= 0.6 is 0 Å². The lowest BCUT2D eigenvalue weighted by Gasteiger charge is -2.13. The number of halogens is 1. The first-order chi connectivity index (χ1) is 13.5. The van der Waals surface area contributed by atoms with Crippen LogP contribution in [0.3, 0.4) is 0 Å². The Kier molecular flexibility index (Phi) is 6.00. The van der Waals surface area contributed by atoms with Gasteiger partial charge in [0.2, 0.25) is 11.8 Å². The van der Waals surface area contributed by atoms with Gasteiger partial charge in [-0.1, -0.05) is 29.8 Å². The van der Waals surface area contributed by atoms with Crippen molar-refractivity contribution < 1.29 is 14.2 Å². The predicted molar refractivity (Wildman–Crippen MR) is 106 cm³/mol. The fraction of sp³-hybridized carbons (Fsp3) is 0.250. The van der Waals surface area contributed by atoms with Crippen molar-refractivity contribution >= 4 is 17.5 Å². The van der Waals surface area contributed by atoms with E-state index in [2.05, 4.69) is 25.6 Å². The number of methoxy groups -OCH3 is 1. The topological polar surface area (TPSA) is 92.2 Å². The van der Waals surface area contributed by atoms with Crippen molar-refractivity contribution in [1.29, 1.82) is 0 Å². The molecule has 3 rings (SSSR count). The number of nitrogens with one attached hydrogen (secondary N) is 2. The molecule has 1 atom stereocenters.